The number of benzene rings is 1. The minimum atomic E-state index is -0.299. The molecule has 0 saturated heterocycles. The summed E-state index contributed by atoms with van der Waals surface area (Å²) in [7, 11) is 1.61. The highest BCUT2D eigenvalue weighted by atomic mass is 16.5. The lowest BCUT2D eigenvalue weighted by Crippen LogP contribution is -2.29. The van der Waals surface area contributed by atoms with E-state index in [-0.39, 0.29) is 18.2 Å². The second-order valence-electron chi connectivity index (χ2n) is 4.69. The first-order valence-corrected chi connectivity index (χ1v) is 6.66. The number of amides is 2. The molecule has 0 unspecified atom stereocenters. The first-order valence-electron chi connectivity index (χ1n) is 6.66. The fraction of sp³-hybridized carbons (Fsp3) is 0.467. The smallest absolute Gasteiger partial charge is 0.233 e. The van der Waals surface area contributed by atoms with Crippen molar-refractivity contribution in [3.05, 3.63) is 29.3 Å². The van der Waals surface area contributed by atoms with Crippen LogP contribution in [0.4, 0.5) is 5.69 Å². The Morgan fingerprint density at radius 1 is 1.15 bits per heavy atom. The van der Waals surface area contributed by atoms with Crippen LogP contribution in [-0.4, -0.2) is 32.1 Å². The number of methoxy groups -OCH3 is 1. The third-order valence-corrected chi connectivity index (χ3v) is 2.91. The van der Waals surface area contributed by atoms with E-state index >= 15 is 0 Å². The quantitative estimate of drug-likeness (QED) is 0.590. The lowest BCUT2D eigenvalue weighted by molar-refractivity contribution is -0.126. The molecular weight excluding hydrogens is 256 g/mol. The van der Waals surface area contributed by atoms with Gasteiger partial charge in [-0.05, 0) is 31.4 Å². The van der Waals surface area contributed by atoms with Crippen molar-refractivity contribution < 1.29 is 14.3 Å². The number of hydrogen-bond acceptors (Lipinski definition) is 3. The number of carbonyl (C=O) groups excluding carboxylic acids is 2. The van der Waals surface area contributed by atoms with Gasteiger partial charge in [-0.1, -0.05) is 18.2 Å². The molecule has 0 radical (unpaired) electrons. The van der Waals surface area contributed by atoms with Gasteiger partial charge in [0.05, 0.1) is 0 Å². The van der Waals surface area contributed by atoms with Crippen LogP contribution in [0.3, 0.4) is 0 Å². The molecular formula is C15H22N2O3. The molecule has 0 aliphatic carbocycles. The molecule has 0 aliphatic heterocycles. The Kier molecular flexibility index (Phi) is 6.73. The number of ether oxygens (including phenoxy) is 1. The van der Waals surface area contributed by atoms with Crippen LogP contribution in [0.5, 0.6) is 0 Å². The summed E-state index contributed by atoms with van der Waals surface area (Å²) in [5.41, 5.74) is 2.75. The average Bonchev–Trinajstić information content (AvgIpc) is 2.39. The van der Waals surface area contributed by atoms with Crippen LogP contribution in [0.2, 0.25) is 0 Å². The van der Waals surface area contributed by atoms with Gasteiger partial charge in [-0.3, -0.25) is 9.59 Å². The predicted octanol–water partition coefficient (Wildman–Crippen LogP) is 1.78. The van der Waals surface area contributed by atoms with Gasteiger partial charge < -0.3 is 15.4 Å². The molecule has 0 atom stereocenters. The van der Waals surface area contributed by atoms with Crippen molar-refractivity contribution in [3.63, 3.8) is 0 Å². The third-order valence-electron chi connectivity index (χ3n) is 2.91. The van der Waals surface area contributed by atoms with Gasteiger partial charge >= 0.3 is 0 Å². The van der Waals surface area contributed by atoms with E-state index in [0.29, 0.717) is 13.2 Å². The summed E-state index contributed by atoms with van der Waals surface area (Å²) in [6.45, 7) is 4.96. The van der Waals surface area contributed by atoms with Crippen molar-refractivity contribution in [2.24, 2.45) is 0 Å². The lowest BCUT2D eigenvalue weighted by atomic mass is 10.1. The van der Waals surface area contributed by atoms with E-state index in [1.807, 2.05) is 32.0 Å². The molecule has 2 amide bonds. The number of anilines is 1. The van der Waals surface area contributed by atoms with E-state index in [2.05, 4.69) is 10.6 Å². The number of aryl methyl sites for hydroxylation is 2. The summed E-state index contributed by atoms with van der Waals surface area (Å²) < 4.78 is 4.88. The number of carbonyl (C=O) groups is 2. The maximum Gasteiger partial charge on any atom is 0.233 e. The molecule has 1 rings (SSSR count). The Balaban J connectivity index is 2.42. The van der Waals surface area contributed by atoms with Gasteiger partial charge in [0.1, 0.15) is 6.42 Å². The summed E-state index contributed by atoms with van der Waals surface area (Å²) in [5, 5.41) is 5.47. The first-order chi connectivity index (χ1) is 9.54. The van der Waals surface area contributed by atoms with Crippen LogP contribution in [0, 0.1) is 13.8 Å². The van der Waals surface area contributed by atoms with Crippen LogP contribution < -0.4 is 10.6 Å². The maximum absolute atomic E-state index is 11.8. The molecule has 0 aliphatic rings. The molecule has 0 bridgehead atoms. The van der Waals surface area contributed by atoms with E-state index < -0.39 is 0 Å². The predicted molar refractivity (Wildman–Crippen MR) is 78.7 cm³/mol. The Morgan fingerprint density at radius 3 is 2.40 bits per heavy atom. The first kappa shape index (κ1) is 16.2. The number of rotatable bonds is 7. The summed E-state index contributed by atoms with van der Waals surface area (Å²) in [4.78, 5) is 23.4. The Bertz CT molecular complexity index is 452. The zero-order valence-corrected chi connectivity index (χ0v) is 12.3. The molecule has 1 aromatic carbocycles. The highest BCUT2D eigenvalue weighted by Crippen LogP contribution is 2.19. The summed E-state index contributed by atoms with van der Waals surface area (Å²) in [6, 6.07) is 5.78. The van der Waals surface area contributed by atoms with Crippen molar-refractivity contribution in [1.29, 1.82) is 0 Å². The standard InChI is InChI=1S/C15H22N2O3/c1-11-6-4-7-12(2)15(11)17-14(19)10-13(18)16-8-5-9-20-3/h4,6-7H,5,8-10H2,1-3H3,(H,16,18)(H,17,19). The fourth-order valence-electron chi connectivity index (χ4n) is 1.85. The van der Waals surface area contributed by atoms with Crippen LogP contribution in [0.15, 0.2) is 18.2 Å². The molecule has 0 aromatic heterocycles. The highest BCUT2D eigenvalue weighted by Gasteiger charge is 2.11. The molecule has 5 heteroatoms. The van der Waals surface area contributed by atoms with Crippen molar-refractivity contribution in [2.45, 2.75) is 26.7 Å². The van der Waals surface area contributed by atoms with Crippen LogP contribution in [-0.2, 0) is 14.3 Å². The Labute approximate surface area is 119 Å². The van der Waals surface area contributed by atoms with E-state index in [1.165, 1.54) is 0 Å². The number of hydrogen-bond donors (Lipinski definition) is 2. The minimum absolute atomic E-state index is 0.166. The molecule has 2 N–H and O–H groups in total. The average molecular weight is 278 g/mol. The van der Waals surface area contributed by atoms with Gasteiger partial charge in [0.25, 0.3) is 0 Å². The van der Waals surface area contributed by atoms with Gasteiger partial charge in [0.2, 0.25) is 11.8 Å². The van der Waals surface area contributed by atoms with Crippen molar-refractivity contribution in [1.82, 2.24) is 5.32 Å². The molecule has 0 saturated carbocycles. The zero-order valence-electron chi connectivity index (χ0n) is 12.3. The van der Waals surface area contributed by atoms with E-state index in [0.717, 1.165) is 23.2 Å². The van der Waals surface area contributed by atoms with Crippen molar-refractivity contribution in [2.75, 3.05) is 25.6 Å². The molecule has 0 spiro atoms. The summed E-state index contributed by atoms with van der Waals surface area (Å²) in [5.74, 6) is -0.573. The maximum atomic E-state index is 11.8. The fourth-order valence-corrected chi connectivity index (χ4v) is 1.85. The van der Waals surface area contributed by atoms with Crippen LogP contribution >= 0.6 is 0 Å². The second-order valence-corrected chi connectivity index (χ2v) is 4.69. The Hall–Kier alpha value is -1.88. The molecule has 5 nitrogen and oxygen atoms in total. The van der Waals surface area contributed by atoms with E-state index in [1.54, 1.807) is 7.11 Å². The molecule has 0 heterocycles. The summed E-state index contributed by atoms with van der Waals surface area (Å²) in [6.07, 6.45) is 0.571. The van der Waals surface area contributed by atoms with Gasteiger partial charge in [0, 0.05) is 25.9 Å². The number of para-hydroxylation sites is 1. The van der Waals surface area contributed by atoms with Gasteiger partial charge in [0.15, 0.2) is 0 Å². The Morgan fingerprint density at radius 2 is 1.80 bits per heavy atom. The largest absolute Gasteiger partial charge is 0.385 e. The molecule has 110 valence electrons. The van der Waals surface area contributed by atoms with Crippen LogP contribution in [0.25, 0.3) is 0 Å². The van der Waals surface area contributed by atoms with Gasteiger partial charge in [-0.2, -0.15) is 0 Å². The molecule has 20 heavy (non-hydrogen) atoms. The minimum Gasteiger partial charge on any atom is -0.385 e. The monoisotopic (exact) mass is 278 g/mol. The highest BCUT2D eigenvalue weighted by molar-refractivity contribution is 6.04. The SMILES string of the molecule is COCCCNC(=O)CC(=O)Nc1c(C)cccc1C. The third kappa shape index (κ3) is 5.40. The van der Waals surface area contributed by atoms with E-state index in [9.17, 15) is 9.59 Å². The van der Waals surface area contributed by atoms with Crippen molar-refractivity contribution >= 4 is 17.5 Å². The second kappa shape index (κ2) is 8.32. The van der Waals surface area contributed by atoms with Crippen molar-refractivity contribution in [3.8, 4) is 0 Å². The molecule has 0 fully saturated rings. The van der Waals surface area contributed by atoms with Gasteiger partial charge in [-0.15, -0.1) is 0 Å². The molecule has 1 aromatic rings. The number of nitrogens with one attached hydrogen (secondary N) is 2. The zero-order chi connectivity index (χ0) is 15.0. The topological polar surface area (TPSA) is 67.4 Å². The van der Waals surface area contributed by atoms with Gasteiger partial charge in [-0.25, -0.2) is 0 Å². The normalized spacial score (nSPS) is 10.2. The lowest BCUT2D eigenvalue weighted by Gasteiger charge is -2.11. The van der Waals surface area contributed by atoms with E-state index in [4.69, 9.17) is 4.74 Å². The van der Waals surface area contributed by atoms with Crippen LogP contribution in [0.1, 0.15) is 24.0 Å². The summed E-state index contributed by atoms with van der Waals surface area (Å²) >= 11 is 0.